The van der Waals surface area contributed by atoms with E-state index in [0.29, 0.717) is 17.8 Å². The Morgan fingerprint density at radius 3 is 2.38 bits per heavy atom. The first kappa shape index (κ1) is 21.7. The largest absolute Gasteiger partial charge is 0.414 e. The number of hydrogen-bond acceptors (Lipinski definition) is 2. The number of hydrogen-bond donors (Lipinski definition) is 2. The smallest absolute Gasteiger partial charge is 0.390 e. The Bertz CT molecular complexity index is 684. The second-order valence-electron chi connectivity index (χ2n) is 11.5. The molecule has 0 saturated heterocycles. The van der Waals surface area contributed by atoms with Crippen molar-refractivity contribution < 1.29 is 23.4 Å². The molecule has 2 N–H and O–H groups in total. The lowest BCUT2D eigenvalue weighted by Crippen LogP contribution is -2.52. The van der Waals surface area contributed by atoms with Gasteiger partial charge in [0.25, 0.3) is 0 Å². The zero-order chi connectivity index (χ0) is 21.4. The van der Waals surface area contributed by atoms with Crippen LogP contribution in [0.4, 0.5) is 13.2 Å². The molecule has 5 heteroatoms. The van der Waals surface area contributed by atoms with Crippen molar-refractivity contribution in [3.05, 3.63) is 11.6 Å². The van der Waals surface area contributed by atoms with Crippen molar-refractivity contribution in [3.63, 3.8) is 0 Å². The van der Waals surface area contributed by atoms with Crippen molar-refractivity contribution in [2.75, 3.05) is 0 Å². The average Bonchev–Trinajstić information content (AvgIpc) is 2.97. The highest BCUT2D eigenvalue weighted by Gasteiger charge is 2.61. The van der Waals surface area contributed by atoms with Crippen molar-refractivity contribution in [2.24, 2.45) is 40.4 Å². The lowest BCUT2D eigenvalue weighted by atomic mass is 9.46. The fourth-order valence-corrected chi connectivity index (χ4v) is 8.23. The van der Waals surface area contributed by atoms with Crippen LogP contribution in [-0.4, -0.2) is 28.1 Å². The van der Waals surface area contributed by atoms with E-state index in [4.69, 9.17) is 0 Å². The maximum atomic E-state index is 13.2. The molecule has 9 atom stereocenters. The number of alkyl halides is 3. The van der Waals surface area contributed by atoms with Crippen molar-refractivity contribution in [3.8, 4) is 0 Å². The van der Waals surface area contributed by atoms with Crippen LogP contribution in [0.25, 0.3) is 0 Å². The van der Waals surface area contributed by atoms with Gasteiger partial charge in [-0.05, 0) is 98.7 Å². The van der Waals surface area contributed by atoms with Crippen LogP contribution in [0.15, 0.2) is 11.6 Å². The number of halogens is 3. The van der Waals surface area contributed by atoms with Gasteiger partial charge >= 0.3 is 6.18 Å². The van der Waals surface area contributed by atoms with Gasteiger partial charge in [-0.2, -0.15) is 13.2 Å². The summed E-state index contributed by atoms with van der Waals surface area (Å²) in [6.07, 6.45) is 2.96. The standard InChI is InChI=1S/C24H37F3O2/c1-14(20(28)24(25,26)27)17-7-8-18-16-6-5-15-13-21(2,29)11-12-22(15,3)19(16)9-10-23(17,18)4/h5,14,16-20,28-29H,6-13H2,1-4H3/t14-,16-,17+,18-,19-,20-,21-,22-,23+/m0/s1. The van der Waals surface area contributed by atoms with Crippen LogP contribution in [0, 0.1) is 40.4 Å². The molecule has 0 aromatic rings. The van der Waals surface area contributed by atoms with E-state index in [1.807, 2.05) is 6.92 Å². The van der Waals surface area contributed by atoms with Gasteiger partial charge in [-0.15, -0.1) is 0 Å². The first-order chi connectivity index (χ1) is 13.3. The number of rotatable bonds is 2. The van der Waals surface area contributed by atoms with E-state index in [0.717, 1.165) is 51.4 Å². The summed E-state index contributed by atoms with van der Waals surface area (Å²) >= 11 is 0. The predicted octanol–water partition coefficient (Wildman–Crippen LogP) is 5.88. The second-order valence-corrected chi connectivity index (χ2v) is 11.5. The Hall–Kier alpha value is -0.550. The average molecular weight is 415 g/mol. The third-order valence-corrected chi connectivity index (χ3v) is 9.92. The van der Waals surface area contributed by atoms with E-state index in [1.54, 1.807) is 6.92 Å². The molecule has 0 aromatic heterocycles. The molecule has 3 fully saturated rings. The lowest BCUT2D eigenvalue weighted by molar-refractivity contribution is -0.227. The van der Waals surface area contributed by atoms with Crippen LogP contribution in [-0.2, 0) is 0 Å². The summed E-state index contributed by atoms with van der Waals surface area (Å²) in [5.74, 6) is 0.696. The number of aliphatic hydroxyl groups is 2. The monoisotopic (exact) mass is 414 g/mol. The molecule has 0 bridgehead atoms. The predicted molar refractivity (Wildman–Crippen MR) is 107 cm³/mol. The Kier molecular flexibility index (Phi) is 5.02. The van der Waals surface area contributed by atoms with Crippen molar-refractivity contribution in [1.29, 1.82) is 0 Å². The molecular weight excluding hydrogens is 377 g/mol. The number of allylic oxidation sites excluding steroid dienone is 1. The molecule has 29 heavy (non-hydrogen) atoms. The van der Waals surface area contributed by atoms with Crippen LogP contribution in [0.1, 0.15) is 79.1 Å². The van der Waals surface area contributed by atoms with Gasteiger partial charge in [-0.3, -0.25) is 0 Å². The van der Waals surface area contributed by atoms with E-state index >= 15 is 0 Å². The fraction of sp³-hybridized carbons (Fsp3) is 0.917. The molecule has 4 aliphatic carbocycles. The molecule has 3 saturated carbocycles. The van der Waals surface area contributed by atoms with Crippen LogP contribution in [0.2, 0.25) is 0 Å². The van der Waals surface area contributed by atoms with Gasteiger partial charge in [0.15, 0.2) is 6.10 Å². The third-order valence-electron chi connectivity index (χ3n) is 9.92. The van der Waals surface area contributed by atoms with Crippen molar-refractivity contribution >= 4 is 0 Å². The summed E-state index contributed by atoms with van der Waals surface area (Å²) < 4.78 is 39.6. The number of aliphatic hydroxyl groups excluding tert-OH is 1. The van der Waals surface area contributed by atoms with Gasteiger partial charge in [0.2, 0.25) is 0 Å². The van der Waals surface area contributed by atoms with E-state index in [1.165, 1.54) is 5.57 Å². The Balaban J connectivity index is 1.59. The maximum absolute atomic E-state index is 13.2. The molecule has 0 aromatic carbocycles. The van der Waals surface area contributed by atoms with Gasteiger partial charge in [0.1, 0.15) is 0 Å². The molecule has 0 aliphatic heterocycles. The van der Waals surface area contributed by atoms with Gasteiger partial charge in [0.05, 0.1) is 5.60 Å². The summed E-state index contributed by atoms with van der Waals surface area (Å²) in [6.45, 7) is 8.12. The minimum Gasteiger partial charge on any atom is -0.390 e. The molecule has 0 spiro atoms. The van der Waals surface area contributed by atoms with E-state index < -0.39 is 23.8 Å². The summed E-state index contributed by atoms with van der Waals surface area (Å²) in [5, 5.41) is 20.5. The van der Waals surface area contributed by atoms with E-state index in [2.05, 4.69) is 19.9 Å². The van der Waals surface area contributed by atoms with E-state index in [9.17, 15) is 23.4 Å². The second kappa shape index (κ2) is 6.72. The summed E-state index contributed by atoms with van der Waals surface area (Å²) in [5.41, 5.74) is 0.813. The van der Waals surface area contributed by atoms with Gasteiger partial charge in [-0.1, -0.05) is 32.4 Å². The molecule has 0 unspecified atom stereocenters. The molecule has 4 aliphatic rings. The molecule has 4 rings (SSSR count). The lowest BCUT2D eigenvalue weighted by Gasteiger charge is -2.59. The van der Waals surface area contributed by atoms with Crippen molar-refractivity contribution in [1.82, 2.24) is 0 Å². The zero-order valence-corrected chi connectivity index (χ0v) is 18.2. The molecule has 0 amide bonds. The van der Waals surface area contributed by atoms with Crippen LogP contribution in [0.3, 0.4) is 0 Å². The highest BCUT2D eigenvalue weighted by Crippen LogP contribution is 2.67. The highest BCUT2D eigenvalue weighted by atomic mass is 19.4. The molecular formula is C24H37F3O2. The molecule has 166 valence electrons. The van der Waals surface area contributed by atoms with Crippen LogP contribution in [0.5, 0.6) is 0 Å². The minimum atomic E-state index is -4.54. The summed E-state index contributed by atoms with van der Waals surface area (Å²) in [7, 11) is 0. The zero-order valence-electron chi connectivity index (χ0n) is 18.2. The first-order valence-electron chi connectivity index (χ1n) is 11.5. The normalized spacial score (nSPS) is 49.5. The summed E-state index contributed by atoms with van der Waals surface area (Å²) in [6, 6.07) is 0. The Morgan fingerprint density at radius 2 is 1.72 bits per heavy atom. The van der Waals surface area contributed by atoms with Gasteiger partial charge in [-0.25, -0.2) is 0 Å². The molecule has 0 radical (unpaired) electrons. The van der Waals surface area contributed by atoms with Gasteiger partial charge < -0.3 is 10.2 Å². The number of fused-ring (bicyclic) bond motifs is 5. The SMILES string of the molecule is C[C@@H]([C@H]1CC[C@H]2[C@@H]3CC=C4C[C@@](C)(O)CC[C@]4(C)[C@H]3CC[C@]12C)[C@H](O)C(F)(F)F. The summed E-state index contributed by atoms with van der Waals surface area (Å²) in [4.78, 5) is 0. The Morgan fingerprint density at radius 1 is 1.03 bits per heavy atom. The van der Waals surface area contributed by atoms with Crippen LogP contribution < -0.4 is 0 Å². The topological polar surface area (TPSA) is 40.5 Å². The Labute approximate surface area is 173 Å². The molecule has 0 heterocycles. The van der Waals surface area contributed by atoms with Gasteiger partial charge in [0, 0.05) is 0 Å². The molecule has 2 nitrogen and oxygen atoms in total. The quantitative estimate of drug-likeness (QED) is 0.554. The van der Waals surface area contributed by atoms with Crippen molar-refractivity contribution in [2.45, 2.75) is 96.9 Å². The highest BCUT2D eigenvalue weighted by molar-refractivity contribution is 5.26. The maximum Gasteiger partial charge on any atom is 0.414 e. The van der Waals surface area contributed by atoms with Crippen LogP contribution >= 0.6 is 0 Å². The van der Waals surface area contributed by atoms with E-state index in [-0.39, 0.29) is 16.7 Å². The first-order valence-corrected chi connectivity index (χ1v) is 11.5. The third kappa shape index (κ3) is 3.30. The fourth-order valence-electron chi connectivity index (χ4n) is 8.23. The minimum absolute atomic E-state index is 0.0738.